The van der Waals surface area contributed by atoms with Gasteiger partial charge in [0.1, 0.15) is 11.3 Å². The molecule has 0 unspecified atom stereocenters. The van der Waals surface area contributed by atoms with E-state index in [1.54, 1.807) is 6.07 Å². The van der Waals surface area contributed by atoms with Crippen molar-refractivity contribution in [3.63, 3.8) is 0 Å². The van der Waals surface area contributed by atoms with E-state index < -0.39 is 4.92 Å². The number of hydrogen-bond donors (Lipinski definition) is 0. The fourth-order valence-electron chi connectivity index (χ4n) is 3.64. The van der Waals surface area contributed by atoms with Gasteiger partial charge in [-0.1, -0.05) is 12.1 Å². The van der Waals surface area contributed by atoms with E-state index in [0.29, 0.717) is 23.3 Å². The Labute approximate surface area is 159 Å². The molecule has 0 spiro atoms. The molecule has 0 radical (unpaired) electrons. The zero-order valence-electron chi connectivity index (χ0n) is 15.2. The van der Waals surface area contributed by atoms with E-state index in [4.69, 9.17) is 9.15 Å². The number of nitro groups is 1. The smallest absolute Gasteiger partial charge is 0.339 e. The van der Waals surface area contributed by atoms with Crippen molar-refractivity contribution in [1.29, 1.82) is 0 Å². The number of aryl methyl sites for hydroxylation is 2. The minimum Gasteiger partial charge on any atom is -0.485 e. The molecule has 0 saturated heterocycles. The number of Topliss-reactive ketones (excluding diaryl/α,β-unsaturated/α-hetero) is 1. The van der Waals surface area contributed by atoms with Gasteiger partial charge in [-0.2, -0.15) is 0 Å². The van der Waals surface area contributed by atoms with Crippen molar-refractivity contribution in [3.8, 4) is 5.75 Å². The van der Waals surface area contributed by atoms with E-state index in [2.05, 4.69) is 0 Å². The maximum Gasteiger partial charge on any atom is 0.339 e. The summed E-state index contributed by atoms with van der Waals surface area (Å²) in [5.74, 6) is 0.114. The second-order valence-electron chi connectivity index (χ2n) is 6.86. The van der Waals surface area contributed by atoms with Crippen LogP contribution < -0.4 is 10.4 Å². The highest BCUT2D eigenvalue weighted by atomic mass is 16.6. The molecule has 1 aromatic heterocycles. The number of ketones is 1. The topological polar surface area (TPSA) is 99.6 Å². The van der Waals surface area contributed by atoms with Crippen LogP contribution in [0.3, 0.4) is 0 Å². The molecule has 3 aromatic rings. The number of nitrogens with zero attached hydrogens (tertiary/aromatic N) is 1. The van der Waals surface area contributed by atoms with Crippen LogP contribution in [0.25, 0.3) is 11.0 Å². The van der Waals surface area contributed by atoms with Crippen molar-refractivity contribution in [1.82, 2.24) is 0 Å². The first-order valence-corrected chi connectivity index (χ1v) is 8.93. The van der Waals surface area contributed by atoms with Gasteiger partial charge in [-0.15, -0.1) is 0 Å². The predicted octanol–water partition coefficient (Wildman–Crippen LogP) is 3.76. The molecule has 0 aliphatic heterocycles. The molecule has 1 heterocycles. The lowest BCUT2D eigenvalue weighted by Gasteiger charge is -2.12. The van der Waals surface area contributed by atoms with Crippen LogP contribution in [0.5, 0.6) is 5.75 Å². The zero-order valence-corrected chi connectivity index (χ0v) is 15.2. The second-order valence-corrected chi connectivity index (χ2v) is 6.86. The molecule has 7 heteroatoms. The van der Waals surface area contributed by atoms with E-state index in [-0.39, 0.29) is 29.3 Å². The Kier molecular flexibility index (Phi) is 4.43. The molecule has 0 amide bonds. The summed E-state index contributed by atoms with van der Waals surface area (Å²) in [5.41, 5.74) is 2.63. The van der Waals surface area contributed by atoms with Crippen molar-refractivity contribution < 1.29 is 18.9 Å². The van der Waals surface area contributed by atoms with Crippen molar-refractivity contribution in [2.24, 2.45) is 0 Å². The Bertz CT molecular complexity index is 1180. The van der Waals surface area contributed by atoms with Gasteiger partial charge in [0.25, 0.3) is 5.69 Å². The van der Waals surface area contributed by atoms with Gasteiger partial charge in [0.15, 0.2) is 12.4 Å². The first kappa shape index (κ1) is 17.9. The Morgan fingerprint density at radius 2 is 2.00 bits per heavy atom. The standard InChI is InChI=1S/C21H17NO6/c1-12-8-18(20-15-6-3-7-16(15)21(24)28-19(20)9-12)27-11-17(23)13-4-2-5-14(10-13)22(25)26/h2,4-5,8-10H,3,6-7,11H2,1H3. The zero-order chi connectivity index (χ0) is 19.8. The van der Waals surface area contributed by atoms with Gasteiger partial charge in [0, 0.05) is 23.3 Å². The molecule has 4 rings (SSSR count). The average Bonchev–Trinajstić information content (AvgIpc) is 3.16. The number of carbonyl (C=O) groups excluding carboxylic acids is 1. The third-order valence-electron chi connectivity index (χ3n) is 4.92. The van der Waals surface area contributed by atoms with Crippen molar-refractivity contribution in [2.45, 2.75) is 26.2 Å². The van der Waals surface area contributed by atoms with Gasteiger partial charge < -0.3 is 9.15 Å². The van der Waals surface area contributed by atoms with E-state index in [0.717, 1.165) is 29.4 Å². The van der Waals surface area contributed by atoms with Gasteiger partial charge in [-0.3, -0.25) is 14.9 Å². The van der Waals surface area contributed by atoms with Gasteiger partial charge >= 0.3 is 5.63 Å². The maximum atomic E-state index is 12.5. The normalized spacial score (nSPS) is 12.8. The van der Waals surface area contributed by atoms with Gasteiger partial charge in [0.2, 0.25) is 0 Å². The van der Waals surface area contributed by atoms with Crippen LogP contribution in [-0.4, -0.2) is 17.3 Å². The summed E-state index contributed by atoms with van der Waals surface area (Å²) < 4.78 is 11.3. The van der Waals surface area contributed by atoms with Crippen LogP contribution in [0.1, 0.15) is 33.5 Å². The third kappa shape index (κ3) is 3.15. The van der Waals surface area contributed by atoms with E-state index >= 15 is 0 Å². The summed E-state index contributed by atoms with van der Waals surface area (Å²) in [6.07, 6.45) is 2.31. The number of nitro benzene ring substituents is 1. The third-order valence-corrected chi connectivity index (χ3v) is 4.92. The van der Waals surface area contributed by atoms with Crippen LogP contribution in [-0.2, 0) is 12.8 Å². The van der Waals surface area contributed by atoms with Crippen molar-refractivity contribution in [2.75, 3.05) is 6.61 Å². The van der Waals surface area contributed by atoms with Gasteiger partial charge in [-0.25, -0.2) is 4.79 Å². The van der Waals surface area contributed by atoms with Crippen LogP contribution in [0.4, 0.5) is 5.69 Å². The van der Waals surface area contributed by atoms with E-state index in [1.165, 1.54) is 24.3 Å². The quantitative estimate of drug-likeness (QED) is 0.290. The fourth-order valence-corrected chi connectivity index (χ4v) is 3.64. The van der Waals surface area contributed by atoms with Gasteiger partial charge in [0.05, 0.1) is 10.3 Å². The Morgan fingerprint density at radius 3 is 2.79 bits per heavy atom. The SMILES string of the molecule is Cc1cc(OCC(=O)c2cccc([N+](=O)[O-])c2)c2c3c(c(=O)oc2c1)CCC3. The highest BCUT2D eigenvalue weighted by molar-refractivity contribution is 5.98. The Morgan fingerprint density at radius 1 is 1.21 bits per heavy atom. The summed E-state index contributed by atoms with van der Waals surface area (Å²) in [7, 11) is 0. The lowest BCUT2D eigenvalue weighted by molar-refractivity contribution is -0.384. The molecule has 1 aliphatic rings. The Balaban J connectivity index is 1.68. The fraction of sp³-hybridized carbons (Fsp3) is 0.238. The summed E-state index contributed by atoms with van der Waals surface area (Å²) in [5, 5.41) is 11.6. The van der Waals surface area contributed by atoms with Crippen LogP contribution in [0, 0.1) is 17.0 Å². The lowest BCUT2D eigenvalue weighted by atomic mass is 10.0. The molecular weight excluding hydrogens is 362 g/mol. The highest BCUT2D eigenvalue weighted by Gasteiger charge is 2.23. The summed E-state index contributed by atoms with van der Waals surface area (Å²) >= 11 is 0. The summed E-state index contributed by atoms with van der Waals surface area (Å²) in [6.45, 7) is 1.58. The summed E-state index contributed by atoms with van der Waals surface area (Å²) in [4.78, 5) is 35.0. The largest absolute Gasteiger partial charge is 0.485 e. The van der Waals surface area contributed by atoms with E-state index in [9.17, 15) is 19.7 Å². The number of hydrogen-bond acceptors (Lipinski definition) is 6. The molecule has 0 bridgehead atoms. The molecule has 28 heavy (non-hydrogen) atoms. The first-order valence-electron chi connectivity index (χ1n) is 8.93. The first-order chi connectivity index (χ1) is 13.4. The van der Waals surface area contributed by atoms with Crippen molar-refractivity contribution >= 4 is 22.4 Å². The molecule has 1 aliphatic carbocycles. The minimum atomic E-state index is -0.545. The van der Waals surface area contributed by atoms with Crippen LogP contribution in [0.15, 0.2) is 45.6 Å². The van der Waals surface area contributed by atoms with E-state index in [1.807, 2.05) is 13.0 Å². The minimum absolute atomic E-state index is 0.147. The molecular formula is C21H17NO6. The lowest BCUT2D eigenvalue weighted by Crippen LogP contribution is -2.13. The number of non-ortho nitro benzene ring substituents is 1. The summed E-state index contributed by atoms with van der Waals surface area (Å²) in [6, 6.07) is 9.14. The van der Waals surface area contributed by atoms with Crippen molar-refractivity contribution in [3.05, 3.63) is 79.2 Å². The predicted molar refractivity (Wildman–Crippen MR) is 102 cm³/mol. The second kappa shape index (κ2) is 6.92. The van der Waals surface area contributed by atoms with Crippen LogP contribution in [0.2, 0.25) is 0 Å². The van der Waals surface area contributed by atoms with Gasteiger partial charge in [-0.05, 0) is 49.4 Å². The monoisotopic (exact) mass is 379 g/mol. The number of rotatable bonds is 5. The molecule has 142 valence electrons. The molecule has 2 aromatic carbocycles. The molecule has 0 saturated carbocycles. The number of carbonyl (C=O) groups is 1. The number of benzene rings is 2. The molecule has 0 atom stereocenters. The highest BCUT2D eigenvalue weighted by Crippen LogP contribution is 2.35. The molecule has 7 nitrogen and oxygen atoms in total. The maximum absolute atomic E-state index is 12.5. The molecule has 0 N–H and O–H groups in total. The average molecular weight is 379 g/mol. The Hall–Kier alpha value is -3.48. The molecule has 0 fully saturated rings. The van der Waals surface area contributed by atoms with Crippen LogP contribution >= 0.6 is 0 Å². The number of ether oxygens (including phenoxy) is 1. The number of fused-ring (bicyclic) bond motifs is 3.